The van der Waals surface area contributed by atoms with Crippen molar-refractivity contribution >= 4 is 17.7 Å². The number of amides is 3. The number of hydrogen-bond donors (Lipinski definition) is 2. The lowest BCUT2D eigenvalue weighted by molar-refractivity contribution is -0.152. The summed E-state index contributed by atoms with van der Waals surface area (Å²) < 4.78 is 0. The van der Waals surface area contributed by atoms with Crippen LogP contribution in [0, 0.1) is 0 Å². The van der Waals surface area contributed by atoms with Gasteiger partial charge in [0.1, 0.15) is 11.6 Å². The van der Waals surface area contributed by atoms with E-state index in [2.05, 4.69) is 10.6 Å². The highest BCUT2D eigenvalue weighted by molar-refractivity contribution is 5.95. The molecule has 3 amide bonds. The lowest BCUT2D eigenvalue weighted by atomic mass is 9.85. The van der Waals surface area contributed by atoms with Crippen molar-refractivity contribution in [3.05, 3.63) is 35.9 Å². The Balaban J connectivity index is 2.30. The Kier molecular flexibility index (Phi) is 5.03. The third-order valence-corrected chi connectivity index (χ3v) is 4.22. The van der Waals surface area contributed by atoms with Crippen molar-refractivity contribution in [2.75, 3.05) is 7.05 Å². The quantitative estimate of drug-likeness (QED) is 0.863. The van der Waals surface area contributed by atoms with Crippen LogP contribution in [0.1, 0.15) is 32.3 Å². The maximum Gasteiger partial charge on any atom is 0.249 e. The second-order valence-corrected chi connectivity index (χ2v) is 6.10. The summed E-state index contributed by atoms with van der Waals surface area (Å²) in [5.41, 5.74) is -0.0210. The van der Waals surface area contributed by atoms with E-state index in [9.17, 15) is 14.4 Å². The van der Waals surface area contributed by atoms with Crippen molar-refractivity contribution in [1.82, 2.24) is 15.5 Å². The van der Waals surface area contributed by atoms with Gasteiger partial charge in [0.15, 0.2) is 0 Å². The number of nitrogens with one attached hydrogen (secondary N) is 2. The van der Waals surface area contributed by atoms with Gasteiger partial charge in [0.2, 0.25) is 17.7 Å². The largest absolute Gasteiger partial charge is 0.357 e. The van der Waals surface area contributed by atoms with Crippen LogP contribution in [0.3, 0.4) is 0 Å². The van der Waals surface area contributed by atoms with Crippen LogP contribution in [-0.2, 0) is 20.9 Å². The number of carbonyl (C=O) groups excluding carboxylic acids is 3. The molecule has 6 heteroatoms. The van der Waals surface area contributed by atoms with Crippen LogP contribution < -0.4 is 10.6 Å². The Morgan fingerprint density at radius 2 is 1.96 bits per heavy atom. The first-order valence-corrected chi connectivity index (χ1v) is 7.73. The van der Waals surface area contributed by atoms with Gasteiger partial charge in [0.25, 0.3) is 0 Å². The van der Waals surface area contributed by atoms with Crippen molar-refractivity contribution in [3.8, 4) is 0 Å². The van der Waals surface area contributed by atoms with Gasteiger partial charge in [-0.3, -0.25) is 14.4 Å². The first-order chi connectivity index (χ1) is 10.9. The maximum absolute atomic E-state index is 12.9. The minimum absolute atomic E-state index is 0.181. The predicted molar refractivity (Wildman–Crippen MR) is 86.3 cm³/mol. The minimum atomic E-state index is -0.967. The van der Waals surface area contributed by atoms with Crippen molar-refractivity contribution in [2.24, 2.45) is 0 Å². The standard InChI is InChI=1S/C17H23N3O3/c1-12(21)19-17(2)10-9-14(15(22)18-3)20(16(17)23)11-13-7-5-4-6-8-13/h4-8,14H,9-11H2,1-3H3,(H,18,22)(H,19,21)/t14-,17-/m1/s1. The summed E-state index contributed by atoms with van der Waals surface area (Å²) in [7, 11) is 1.56. The molecular formula is C17H23N3O3. The van der Waals surface area contributed by atoms with Crippen molar-refractivity contribution in [1.29, 1.82) is 0 Å². The number of rotatable bonds is 4. The number of nitrogens with zero attached hydrogens (tertiary/aromatic N) is 1. The second kappa shape index (κ2) is 6.81. The molecule has 2 atom stereocenters. The lowest BCUT2D eigenvalue weighted by Gasteiger charge is -2.43. The Hall–Kier alpha value is -2.37. The summed E-state index contributed by atoms with van der Waals surface area (Å²) in [6.45, 7) is 3.45. The van der Waals surface area contributed by atoms with Crippen LogP contribution in [0.15, 0.2) is 30.3 Å². The predicted octanol–water partition coefficient (Wildman–Crippen LogP) is 0.818. The molecule has 2 rings (SSSR count). The zero-order valence-electron chi connectivity index (χ0n) is 13.8. The van der Waals surface area contributed by atoms with E-state index in [-0.39, 0.29) is 17.7 Å². The van der Waals surface area contributed by atoms with Crippen LogP contribution in [0.5, 0.6) is 0 Å². The molecule has 1 aromatic carbocycles. The highest BCUT2D eigenvalue weighted by Crippen LogP contribution is 2.28. The molecule has 2 N–H and O–H groups in total. The molecule has 0 saturated carbocycles. The molecule has 1 heterocycles. The van der Waals surface area contributed by atoms with Crippen LogP contribution in [-0.4, -0.2) is 41.2 Å². The van der Waals surface area contributed by atoms with Gasteiger partial charge in [0, 0.05) is 20.5 Å². The van der Waals surface area contributed by atoms with Crippen LogP contribution in [0.25, 0.3) is 0 Å². The highest BCUT2D eigenvalue weighted by atomic mass is 16.2. The van der Waals surface area contributed by atoms with E-state index in [0.717, 1.165) is 5.56 Å². The molecule has 0 bridgehead atoms. The fourth-order valence-corrected chi connectivity index (χ4v) is 3.05. The molecule has 1 aromatic rings. The monoisotopic (exact) mass is 317 g/mol. The van der Waals surface area contributed by atoms with E-state index in [1.807, 2.05) is 30.3 Å². The summed E-state index contributed by atoms with van der Waals surface area (Å²) in [6, 6.07) is 9.00. The topological polar surface area (TPSA) is 78.5 Å². The summed E-state index contributed by atoms with van der Waals surface area (Å²) in [4.78, 5) is 38.1. The number of likely N-dealkylation sites (tertiary alicyclic amines) is 1. The molecule has 124 valence electrons. The third kappa shape index (κ3) is 3.70. The first kappa shape index (κ1) is 17.0. The van der Waals surface area contributed by atoms with Gasteiger partial charge in [0.05, 0.1) is 0 Å². The number of piperidine rings is 1. The van der Waals surface area contributed by atoms with Gasteiger partial charge < -0.3 is 15.5 Å². The smallest absolute Gasteiger partial charge is 0.249 e. The molecule has 0 aromatic heterocycles. The molecule has 23 heavy (non-hydrogen) atoms. The zero-order valence-corrected chi connectivity index (χ0v) is 13.8. The number of carbonyl (C=O) groups is 3. The SMILES string of the molecule is CNC(=O)[C@H]1CC[C@@](C)(NC(C)=O)C(=O)N1Cc1ccccc1. The molecule has 0 unspecified atom stereocenters. The molecule has 1 fully saturated rings. The number of hydrogen-bond acceptors (Lipinski definition) is 3. The van der Waals surface area contributed by atoms with E-state index in [4.69, 9.17) is 0 Å². The average molecular weight is 317 g/mol. The van der Waals surface area contributed by atoms with E-state index in [1.54, 1.807) is 18.9 Å². The fraction of sp³-hybridized carbons (Fsp3) is 0.471. The molecule has 0 spiro atoms. The molecule has 0 aliphatic carbocycles. The summed E-state index contributed by atoms with van der Waals surface area (Å²) >= 11 is 0. The maximum atomic E-state index is 12.9. The third-order valence-electron chi connectivity index (χ3n) is 4.22. The Morgan fingerprint density at radius 1 is 1.30 bits per heavy atom. The van der Waals surface area contributed by atoms with E-state index in [1.165, 1.54) is 6.92 Å². The Labute approximate surface area is 136 Å². The summed E-state index contributed by atoms with van der Waals surface area (Å²) in [5.74, 6) is -0.658. The highest BCUT2D eigenvalue weighted by Gasteiger charge is 2.46. The van der Waals surface area contributed by atoms with Gasteiger partial charge in [-0.25, -0.2) is 0 Å². The van der Waals surface area contributed by atoms with E-state index >= 15 is 0 Å². The Morgan fingerprint density at radius 3 is 2.52 bits per heavy atom. The molecule has 0 radical (unpaired) electrons. The van der Waals surface area contributed by atoms with Crippen molar-refractivity contribution in [2.45, 2.75) is 44.8 Å². The number of benzene rings is 1. The second-order valence-electron chi connectivity index (χ2n) is 6.10. The van der Waals surface area contributed by atoms with Gasteiger partial charge >= 0.3 is 0 Å². The minimum Gasteiger partial charge on any atom is -0.357 e. The average Bonchev–Trinajstić information content (AvgIpc) is 2.52. The number of likely N-dealkylation sites (N-methyl/N-ethyl adjacent to an activating group) is 1. The summed E-state index contributed by atoms with van der Waals surface area (Å²) in [5, 5.41) is 5.36. The van der Waals surface area contributed by atoms with Gasteiger partial charge in [-0.05, 0) is 25.3 Å². The van der Waals surface area contributed by atoms with Gasteiger partial charge in [-0.15, -0.1) is 0 Å². The Bertz CT molecular complexity index is 602. The van der Waals surface area contributed by atoms with Crippen molar-refractivity contribution in [3.63, 3.8) is 0 Å². The summed E-state index contributed by atoms with van der Waals surface area (Å²) in [6.07, 6.45) is 0.948. The first-order valence-electron chi connectivity index (χ1n) is 7.73. The molecular weight excluding hydrogens is 294 g/mol. The normalized spacial score (nSPS) is 24.2. The molecule has 1 aliphatic rings. The zero-order chi connectivity index (χ0) is 17.0. The van der Waals surface area contributed by atoms with E-state index in [0.29, 0.717) is 19.4 Å². The van der Waals surface area contributed by atoms with Gasteiger partial charge in [-0.1, -0.05) is 30.3 Å². The van der Waals surface area contributed by atoms with Crippen LogP contribution in [0.2, 0.25) is 0 Å². The van der Waals surface area contributed by atoms with Crippen LogP contribution >= 0.6 is 0 Å². The lowest BCUT2D eigenvalue weighted by Crippen LogP contribution is -2.65. The van der Waals surface area contributed by atoms with E-state index < -0.39 is 11.6 Å². The molecule has 1 saturated heterocycles. The fourth-order valence-electron chi connectivity index (χ4n) is 3.05. The molecule has 6 nitrogen and oxygen atoms in total. The van der Waals surface area contributed by atoms with Crippen molar-refractivity contribution < 1.29 is 14.4 Å². The van der Waals surface area contributed by atoms with Gasteiger partial charge in [-0.2, -0.15) is 0 Å². The van der Waals surface area contributed by atoms with Crippen LogP contribution in [0.4, 0.5) is 0 Å². The molecule has 1 aliphatic heterocycles.